The van der Waals surface area contributed by atoms with E-state index in [2.05, 4.69) is 20.9 Å². The van der Waals surface area contributed by atoms with Crippen LogP contribution in [0, 0.1) is 0 Å². The van der Waals surface area contributed by atoms with Gasteiger partial charge in [0, 0.05) is 43.4 Å². The Morgan fingerprint density at radius 1 is 1.04 bits per heavy atom. The number of rotatable bonds is 4. The van der Waals surface area contributed by atoms with Crippen LogP contribution < -0.4 is 9.64 Å². The van der Waals surface area contributed by atoms with Crippen molar-refractivity contribution < 1.29 is 9.84 Å². The zero-order valence-electron chi connectivity index (χ0n) is 15.4. The van der Waals surface area contributed by atoms with Crippen LogP contribution in [-0.2, 0) is 0 Å². The molecule has 27 heavy (non-hydrogen) atoms. The molecule has 1 saturated carbocycles. The number of ether oxygens (including phenoxy) is 1. The highest BCUT2D eigenvalue weighted by Crippen LogP contribution is 2.29. The minimum absolute atomic E-state index is 0.147. The molecule has 1 aromatic heterocycles. The molecule has 6 heteroatoms. The second-order valence-corrected chi connectivity index (χ2v) is 7.75. The molecule has 1 aliphatic heterocycles. The van der Waals surface area contributed by atoms with Gasteiger partial charge in [-0.3, -0.25) is 4.90 Å². The highest BCUT2D eigenvalue weighted by atomic mass is 35.5. The van der Waals surface area contributed by atoms with Crippen LogP contribution in [0.5, 0.6) is 5.75 Å². The Hall–Kier alpha value is -1.82. The van der Waals surface area contributed by atoms with Gasteiger partial charge in [0.05, 0.1) is 0 Å². The number of hydrogen-bond acceptors (Lipinski definition) is 5. The summed E-state index contributed by atoms with van der Waals surface area (Å²) in [6.07, 6.45) is 4.12. The highest BCUT2D eigenvalue weighted by Gasteiger charge is 2.38. The Morgan fingerprint density at radius 2 is 1.89 bits per heavy atom. The molecule has 2 aliphatic rings. The molecular formula is C21H26ClN3O2. The Labute approximate surface area is 165 Å². The van der Waals surface area contributed by atoms with Gasteiger partial charge in [-0.15, -0.1) is 0 Å². The summed E-state index contributed by atoms with van der Waals surface area (Å²) < 4.78 is 6.08. The molecule has 0 bridgehead atoms. The number of anilines is 1. The van der Waals surface area contributed by atoms with E-state index in [1.807, 2.05) is 42.6 Å². The number of halogens is 1. The molecule has 4 rings (SSSR count). The van der Waals surface area contributed by atoms with Crippen molar-refractivity contribution in [3.8, 4) is 5.75 Å². The van der Waals surface area contributed by atoms with Crippen LogP contribution in [0.3, 0.4) is 0 Å². The molecule has 2 aromatic rings. The smallest absolute Gasteiger partial charge is 0.128 e. The average molecular weight is 388 g/mol. The van der Waals surface area contributed by atoms with Crippen LogP contribution in [0.1, 0.15) is 19.3 Å². The van der Waals surface area contributed by atoms with E-state index in [1.54, 1.807) is 0 Å². The Morgan fingerprint density at radius 3 is 2.63 bits per heavy atom. The molecule has 0 spiro atoms. The monoisotopic (exact) mass is 387 g/mol. The topological polar surface area (TPSA) is 48.8 Å². The fraction of sp³-hybridized carbons (Fsp3) is 0.476. The number of aliphatic hydroxyl groups excluding tert-OH is 1. The summed E-state index contributed by atoms with van der Waals surface area (Å²) in [5.41, 5.74) is 0. The number of aliphatic hydroxyl groups is 1. The minimum Gasteiger partial charge on any atom is -0.488 e. The second kappa shape index (κ2) is 8.46. The normalized spacial score (nSPS) is 26.7. The fourth-order valence-corrected chi connectivity index (χ4v) is 4.36. The SMILES string of the molecule is O[C@H]1[C@H](Oc2cccc(Cl)c2)CCC[C@@H]1N1CCN(c2ccccn2)CC1. The lowest BCUT2D eigenvalue weighted by molar-refractivity contribution is -0.0546. The number of benzene rings is 1. The first-order valence-corrected chi connectivity index (χ1v) is 10.1. The van der Waals surface area contributed by atoms with E-state index in [1.165, 1.54) is 0 Å². The summed E-state index contributed by atoms with van der Waals surface area (Å²) in [5.74, 6) is 1.76. The summed E-state index contributed by atoms with van der Waals surface area (Å²) in [6, 6.07) is 13.6. The lowest BCUT2D eigenvalue weighted by atomic mass is 9.88. The number of aromatic nitrogens is 1. The first-order valence-electron chi connectivity index (χ1n) is 9.71. The quantitative estimate of drug-likeness (QED) is 0.872. The molecule has 144 valence electrons. The molecule has 0 amide bonds. The molecule has 1 saturated heterocycles. The van der Waals surface area contributed by atoms with Crippen molar-refractivity contribution in [2.45, 2.75) is 37.5 Å². The zero-order chi connectivity index (χ0) is 18.6. The molecule has 5 nitrogen and oxygen atoms in total. The molecule has 1 aliphatic carbocycles. The number of pyridine rings is 1. The van der Waals surface area contributed by atoms with Crippen LogP contribution >= 0.6 is 11.6 Å². The van der Waals surface area contributed by atoms with Gasteiger partial charge >= 0.3 is 0 Å². The van der Waals surface area contributed by atoms with Crippen molar-refractivity contribution in [2.24, 2.45) is 0 Å². The van der Waals surface area contributed by atoms with Crippen molar-refractivity contribution in [1.82, 2.24) is 9.88 Å². The zero-order valence-corrected chi connectivity index (χ0v) is 16.1. The van der Waals surface area contributed by atoms with Gasteiger partial charge in [-0.05, 0) is 49.6 Å². The largest absolute Gasteiger partial charge is 0.488 e. The first kappa shape index (κ1) is 18.5. The molecule has 1 N–H and O–H groups in total. The van der Waals surface area contributed by atoms with E-state index in [0.717, 1.165) is 57.0 Å². The molecular weight excluding hydrogens is 362 g/mol. The van der Waals surface area contributed by atoms with Gasteiger partial charge < -0.3 is 14.7 Å². The van der Waals surface area contributed by atoms with E-state index in [9.17, 15) is 5.11 Å². The third-order valence-electron chi connectivity index (χ3n) is 5.60. The van der Waals surface area contributed by atoms with E-state index < -0.39 is 6.10 Å². The number of piperazine rings is 1. The third-order valence-corrected chi connectivity index (χ3v) is 5.84. The van der Waals surface area contributed by atoms with Crippen molar-refractivity contribution in [2.75, 3.05) is 31.1 Å². The summed E-state index contributed by atoms with van der Waals surface area (Å²) in [7, 11) is 0. The standard InChI is InChI=1S/C21H26ClN3O2/c22-16-5-3-6-17(15-16)27-19-8-4-7-18(21(19)26)24-11-13-25(14-12-24)20-9-1-2-10-23-20/h1-3,5-6,9-10,15,18-19,21,26H,4,7-8,11-14H2/t18-,19+,21+/m0/s1. The predicted octanol–water partition coefficient (Wildman–Crippen LogP) is 3.22. The van der Waals surface area contributed by atoms with E-state index in [-0.39, 0.29) is 12.1 Å². The lowest BCUT2D eigenvalue weighted by Gasteiger charge is -2.45. The van der Waals surface area contributed by atoms with Crippen molar-refractivity contribution >= 4 is 17.4 Å². The molecule has 3 atom stereocenters. The maximum atomic E-state index is 11.0. The van der Waals surface area contributed by atoms with Gasteiger partial charge in [-0.1, -0.05) is 23.7 Å². The van der Waals surface area contributed by atoms with Crippen LogP contribution in [-0.4, -0.2) is 59.4 Å². The molecule has 2 heterocycles. The van der Waals surface area contributed by atoms with Crippen LogP contribution in [0.15, 0.2) is 48.7 Å². The maximum absolute atomic E-state index is 11.0. The molecule has 0 radical (unpaired) electrons. The van der Waals surface area contributed by atoms with Crippen LogP contribution in [0.25, 0.3) is 0 Å². The number of hydrogen-bond donors (Lipinski definition) is 1. The van der Waals surface area contributed by atoms with Crippen LogP contribution in [0.2, 0.25) is 5.02 Å². The first-order chi connectivity index (χ1) is 13.2. The third kappa shape index (κ3) is 4.37. The predicted molar refractivity (Wildman–Crippen MR) is 108 cm³/mol. The molecule has 0 unspecified atom stereocenters. The van der Waals surface area contributed by atoms with Gasteiger partial charge in [-0.25, -0.2) is 4.98 Å². The minimum atomic E-state index is -0.487. The van der Waals surface area contributed by atoms with Crippen molar-refractivity contribution in [1.29, 1.82) is 0 Å². The maximum Gasteiger partial charge on any atom is 0.128 e. The number of nitrogens with zero attached hydrogens (tertiary/aromatic N) is 3. The van der Waals surface area contributed by atoms with Gasteiger partial charge in [-0.2, -0.15) is 0 Å². The van der Waals surface area contributed by atoms with Crippen molar-refractivity contribution in [3.05, 3.63) is 53.7 Å². The second-order valence-electron chi connectivity index (χ2n) is 7.31. The summed E-state index contributed by atoms with van der Waals surface area (Å²) in [6.45, 7) is 3.73. The molecule has 1 aromatic carbocycles. The fourth-order valence-electron chi connectivity index (χ4n) is 4.18. The van der Waals surface area contributed by atoms with Crippen molar-refractivity contribution in [3.63, 3.8) is 0 Å². The van der Waals surface area contributed by atoms with Gasteiger partial charge in [0.15, 0.2) is 0 Å². The summed E-state index contributed by atoms with van der Waals surface area (Å²) >= 11 is 6.05. The summed E-state index contributed by atoms with van der Waals surface area (Å²) in [4.78, 5) is 9.17. The Bertz CT molecular complexity index is 737. The summed E-state index contributed by atoms with van der Waals surface area (Å²) in [5, 5.41) is 11.6. The highest BCUT2D eigenvalue weighted by molar-refractivity contribution is 6.30. The Kier molecular flexibility index (Phi) is 5.81. The van der Waals surface area contributed by atoms with E-state index in [4.69, 9.17) is 16.3 Å². The van der Waals surface area contributed by atoms with E-state index >= 15 is 0 Å². The molecule has 2 fully saturated rings. The lowest BCUT2D eigenvalue weighted by Crippen LogP contribution is -2.58. The van der Waals surface area contributed by atoms with E-state index in [0.29, 0.717) is 5.02 Å². The van der Waals surface area contributed by atoms with Gasteiger partial charge in [0.25, 0.3) is 0 Å². The average Bonchev–Trinajstić information content (AvgIpc) is 2.71. The van der Waals surface area contributed by atoms with Gasteiger partial charge in [0.1, 0.15) is 23.8 Å². The Balaban J connectivity index is 1.36. The van der Waals surface area contributed by atoms with Crippen LogP contribution in [0.4, 0.5) is 5.82 Å². The van der Waals surface area contributed by atoms with Gasteiger partial charge in [0.2, 0.25) is 0 Å².